The summed E-state index contributed by atoms with van der Waals surface area (Å²) in [7, 11) is 0. The van der Waals surface area contributed by atoms with Crippen LogP contribution in [-0.4, -0.2) is 24.5 Å². The summed E-state index contributed by atoms with van der Waals surface area (Å²) in [6, 6.07) is 13.9. The Morgan fingerprint density at radius 3 is 2.28 bits per heavy atom. The number of anilines is 1. The van der Waals surface area contributed by atoms with Crippen LogP contribution in [-0.2, 0) is 4.79 Å². The number of benzene rings is 2. The molecule has 0 aromatic heterocycles. The third kappa shape index (κ3) is 6.21. The van der Waals surface area contributed by atoms with E-state index in [1.165, 1.54) is 24.3 Å². The lowest BCUT2D eigenvalue weighted by atomic mass is 10.1. The maximum atomic E-state index is 12.1. The number of hydrogen-bond acceptors (Lipinski definition) is 3. The molecule has 0 aliphatic heterocycles. The van der Waals surface area contributed by atoms with Crippen LogP contribution in [0.5, 0.6) is 5.75 Å². The molecule has 0 fully saturated rings. The molecule has 2 amide bonds. The summed E-state index contributed by atoms with van der Waals surface area (Å²) >= 11 is 0. The maximum absolute atomic E-state index is 12.1. The SMILES string of the molecule is CC(CC(=O)Nc1ccc(OC(F)F)cc1)NC(=O)c1ccccc1. The third-order valence-electron chi connectivity index (χ3n) is 3.27. The lowest BCUT2D eigenvalue weighted by Gasteiger charge is -2.14. The van der Waals surface area contributed by atoms with Crippen LogP contribution in [0.4, 0.5) is 14.5 Å². The van der Waals surface area contributed by atoms with Gasteiger partial charge in [0.1, 0.15) is 5.75 Å². The number of carbonyl (C=O) groups is 2. The van der Waals surface area contributed by atoms with Gasteiger partial charge in [0.25, 0.3) is 5.91 Å². The maximum Gasteiger partial charge on any atom is 0.387 e. The van der Waals surface area contributed by atoms with E-state index in [1.807, 2.05) is 6.07 Å². The summed E-state index contributed by atoms with van der Waals surface area (Å²) in [5.74, 6) is -0.547. The van der Waals surface area contributed by atoms with Crippen LogP contribution < -0.4 is 15.4 Å². The second-order valence-electron chi connectivity index (χ2n) is 5.40. The first kappa shape index (κ1) is 18.4. The zero-order valence-corrected chi connectivity index (χ0v) is 13.5. The number of nitrogens with one attached hydrogen (secondary N) is 2. The lowest BCUT2D eigenvalue weighted by molar-refractivity contribution is -0.116. The van der Waals surface area contributed by atoms with E-state index in [4.69, 9.17) is 0 Å². The van der Waals surface area contributed by atoms with Crippen LogP contribution in [0, 0.1) is 0 Å². The molecule has 2 aromatic rings. The molecule has 2 rings (SSSR count). The molecule has 0 spiro atoms. The standard InChI is InChI=1S/C18H18F2N2O3/c1-12(21-17(24)13-5-3-2-4-6-13)11-16(23)22-14-7-9-15(10-8-14)25-18(19)20/h2-10,12,18H,11H2,1H3,(H,21,24)(H,22,23). The lowest BCUT2D eigenvalue weighted by Crippen LogP contribution is -2.35. The highest BCUT2D eigenvalue weighted by atomic mass is 19.3. The van der Waals surface area contributed by atoms with Crippen molar-refractivity contribution in [2.75, 3.05) is 5.32 Å². The van der Waals surface area contributed by atoms with Gasteiger partial charge in [-0.05, 0) is 43.3 Å². The number of hydrogen-bond donors (Lipinski definition) is 2. The average molecular weight is 348 g/mol. The average Bonchev–Trinajstić information content (AvgIpc) is 2.56. The topological polar surface area (TPSA) is 67.4 Å². The van der Waals surface area contributed by atoms with Crippen molar-refractivity contribution in [2.45, 2.75) is 26.0 Å². The molecule has 0 saturated carbocycles. The minimum absolute atomic E-state index is 0.0106. The Labute approximate surface area is 144 Å². The molecule has 0 aliphatic carbocycles. The van der Waals surface area contributed by atoms with Gasteiger partial charge in [0.05, 0.1) is 0 Å². The van der Waals surface area contributed by atoms with Crippen molar-refractivity contribution in [1.82, 2.24) is 5.32 Å². The second-order valence-corrected chi connectivity index (χ2v) is 5.40. The van der Waals surface area contributed by atoms with Crippen LogP contribution >= 0.6 is 0 Å². The van der Waals surface area contributed by atoms with Gasteiger partial charge < -0.3 is 15.4 Å². The molecule has 1 atom stereocenters. The first-order chi connectivity index (χ1) is 11.9. The summed E-state index contributed by atoms with van der Waals surface area (Å²) in [6.07, 6.45) is 0.0772. The monoisotopic (exact) mass is 348 g/mol. The zero-order valence-electron chi connectivity index (χ0n) is 13.5. The van der Waals surface area contributed by atoms with Crippen LogP contribution in [0.1, 0.15) is 23.7 Å². The summed E-state index contributed by atoms with van der Waals surface area (Å²) in [5.41, 5.74) is 0.970. The van der Waals surface area contributed by atoms with E-state index < -0.39 is 6.61 Å². The molecule has 25 heavy (non-hydrogen) atoms. The van der Waals surface area contributed by atoms with Gasteiger partial charge in [-0.3, -0.25) is 9.59 Å². The van der Waals surface area contributed by atoms with Gasteiger partial charge in [0.15, 0.2) is 0 Å². The molecule has 0 heterocycles. The highest BCUT2D eigenvalue weighted by molar-refractivity contribution is 5.95. The summed E-state index contributed by atoms with van der Waals surface area (Å²) in [5, 5.41) is 5.37. The predicted molar refractivity (Wildman–Crippen MR) is 89.7 cm³/mol. The van der Waals surface area contributed by atoms with E-state index in [9.17, 15) is 18.4 Å². The van der Waals surface area contributed by atoms with Gasteiger partial charge in [-0.25, -0.2) is 0 Å². The minimum Gasteiger partial charge on any atom is -0.435 e. The van der Waals surface area contributed by atoms with Crippen molar-refractivity contribution in [2.24, 2.45) is 0 Å². The largest absolute Gasteiger partial charge is 0.435 e. The molecule has 2 N–H and O–H groups in total. The van der Waals surface area contributed by atoms with Gasteiger partial charge >= 0.3 is 6.61 Å². The summed E-state index contributed by atoms with van der Waals surface area (Å²) < 4.78 is 28.4. The molecule has 0 saturated heterocycles. The Balaban J connectivity index is 1.82. The number of ether oxygens (including phenoxy) is 1. The van der Waals surface area contributed by atoms with Crippen LogP contribution in [0.3, 0.4) is 0 Å². The van der Waals surface area contributed by atoms with Crippen LogP contribution in [0.15, 0.2) is 54.6 Å². The first-order valence-electron chi connectivity index (χ1n) is 7.64. The molecule has 5 nitrogen and oxygen atoms in total. The Hall–Kier alpha value is -2.96. The number of carbonyl (C=O) groups excluding carboxylic acids is 2. The quantitative estimate of drug-likeness (QED) is 0.805. The van der Waals surface area contributed by atoms with Gasteiger partial charge in [-0.1, -0.05) is 18.2 Å². The van der Waals surface area contributed by atoms with E-state index in [0.29, 0.717) is 11.3 Å². The van der Waals surface area contributed by atoms with Crippen molar-refractivity contribution in [3.63, 3.8) is 0 Å². The Morgan fingerprint density at radius 1 is 1.04 bits per heavy atom. The minimum atomic E-state index is -2.89. The Kier molecular flexibility index (Phi) is 6.45. The van der Waals surface area contributed by atoms with E-state index >= 15 is 0 Å². The van der Waals surface area contributed by atoms with Crippen molar-refractivity contribution < 1.29 is 23.1 Å². The first-order valence-corrected chi connectivity index (χ1v) is 7.64. The molecule has 0 bridgehead atoms. The summed E-state index contributed by atoms with van der Waals surface area (Å²) in [4.78, 5) is 24.0. The van der Waals surface area contributed by atoms with E-state index in [1.54, 1.807) is 31.2 Å². The number of halogens is 2. The van der Waals surface area contributed by atoms with Gasteiger partial charge in [0, 0.05) is 23.7 Å². The molecule has 0 aliphatic rings. The van der Waals surface area contributed by atoms with Crippen molar-refractivity contribution >= 4 is 17.5 Å². The van der Waals surface area contributed by atoms with Crippen molar-refractivity contribution in [1.29, 1.82) is 0 Å². The third-order valence-corrected chi connectivity index (χ3v) is 3.27. The molecule has 2 aromatic carbocycles. The highest BCUT2D eigenvalue weighted by Gasteiger charge is 2.13. The van der Waals surface area contributed by atoms with Crippen LogP contribution in [0.25, 0.3) is 0 Å². The smallest absolute Gasteiger partial charge is 0.387 e. The van der Waals surface area contributed by atoms with Gasteiger partial charge in [-0.15, -0.1) is 0 Å². The highest BCUT2D eigenvalue weighted by Crippen LogP contribution is 2.17. The second kappa shape index (κ2) is 8.77. The van der Waals surface area contributed by atoms with Crippen molar-refractivity contribution in [3.05, 3.63) is 60.2 Å². The Morgan fingerprint density at radius 2 is 1.68 bits per heavy atom. The fraction of sp³-hybridized carbons (Fsp3) is 0.222. The fourth-order valence-corrected chi connectivity index (χ4v) is 2.16. The fourth-order valence-electron chi connectivity index (χ4n) is 2.16. The normalized spacial score (nSPS) is 11.7. The van der Waals surface area contributed by atoms with Gasteiger partial charge in [0.2, 0.25) is 5.91 Å². The number of amides is 2. The van der Waals surface area contributed by atoms with Gasteiger partial charge in [-0.2, -0.15) is 8.78 Å². The molecular formula is C18H18F2N2O3. The number of alkyl halides is 2. The number of rotatable bonds is 7. The Bertz CT molecular complexity index is 706. The molecule has 0 radical (unpaired) electrons. The molecule has 7 heteroatoms. The predicted octanol–water partition coefficient (Wildman–Crippen LogP) is 3.44. The molecule has 132 valence electrons. The van der Waals surface area contributed by atoms with Crippen molar-refractivity contribution in [3.8, 4) is 5.75 Å². The molecular weight excluding hydrogens is 330 g/mol. The van der Waals surface area contributed by atoms with E-state index in [-0.39, 0.29) is 30.0 Å². The van der Waals surface area contributed by atoms with E-state index in [0.717, 1.165) is 0 Å². The zero-order chi connectivity index (χ0) is 18.2. The summed E-state index contributed by atoms with van der Waals surface area (Å²) in [6.45, 7) is -1.17. The molecule has 1 unspecified atom stereocenters. The van der Waals surface area contributed by atoms with Crippen LogP contribution in [0.2, 0.25) is 0 Å². The van der Waals surface area contributed by atoms with E-state index in [2.05, 4.69) is 15.4 Å².